The topological polar surface area (TPSA) is 65.7 Å². The van der Waals surface area contributed by atoms with Crippen LogP contribution in [0.1, 0.15) is 6.42 Å². The monoisotopic (exact) mass is 194 g/mol. The van der Waals surface area contributed by atoms with E-state index in [9.17, 15) is 0 Å². The highest BCUT2D eigenvalue weighted by Crippen LogP contribution is 2.13. The molecule has 0 aliphatic rings. The van der Waals surface area contributed by atoms with E-state index in [2.05, 4.69) is 5.43 Å². The van der Waals surface area contributed by atoms with Gasteiger partial charge in [-0.05, 0) is 6.42 Å². The van der Waals surface area contributed by atoms with Crippen molar-refractivity contribution in [1.29, 1.82) is 0 Å². The Bertz CT molecular complexity index is 103. The maximum atomic E-state index is 5.21. The number of nitrogens with one attached hydrogen (secondary N) is 1. The summed E-state index contributed by atoms with van der Waals surface area (Å²) in [5, 5.41) is 0. The predicted molar refractivity (Wildman–Crippen MR) is 48.4 cm³/mol. The second-order valence-electron chi connectivity index (χ2n) is 2.35. The molecule has 6 heteroatoms. The van der Waals surface area contributed by atoms with Crippen LogP contribution in [-0.2, 0) is 13.3 Å². The molecule has 0 unspecified atom stereocenters. The molecule has 0 spiro atoms. The van der Waals surface area contributed by atoms with Crippen molar-refractivity contribution in [3.05, 3.63) is 0 Å². The molecule has 0 aromatic heterocycles. The van der Waals surface area contributed by atoms with Gasteiger partial charge in [0.1, 0.15) is 0 Å². The van der Waals surface area contributed by atoms with Gasteiger partial charge in [0, 0.05) is 33.9 Å². The molecule has 74 valence electrons. The van der Waals surface area contributed by atoms with Crippen LogP contribution < -0.4 is 11.3 Å². The molecule has 0 aliphatic heterocycles. The highest BCUT2D eigenvalue weighted by molar-refractivity contribution is 6.60. The summed E-state index contributed by atoms with van der Waals surface area (Å²) in [7, 11) is 2.47. The third-order valence-electron chi connectivity index (χ3n) is 1.74. The van der Waals surface area contributed by atoms with Crippen molar-refractivity contribution >= 4 is 8.80 Å². The number of rotatable bonds is 7. The summed E-state index contributed by atoms with van der Waals surface area (Å²) in [4.78, 5) is 0. The van der Waals surface area contributed by atoms with Crippen molar-refractivity contribution in [2.75, 3.05) is 27.9 Å². The zero-order valence-electron chi connectivity index (χ0n) is 7.92. The van der Waals surface area contributed by atoms with Gasteiger partial charge in [-0.3, -0.25) is 11.3 Å². The minimum absolute atomic E-state index is 0.741. The molecule has 3 N–H and O–H groups in total. The molecule has 0 radical (unpaired) electrons. The minimum Gasteiger partial charge on any atom is -0.377 e. The average Bonchev–Trinajstić information content (AvgIpc) is 2.14. The molecule has 0 amide bonds. The van der Waals surface area contributed by atoms with E-state index in [0.29, 0.717) is 0 Å². The van der Waals surface area contributed by atoms with Gasteiger partial charge in [-0.15, -0.1) is 0 Å². The van der Waals surface area contributed by atoms with Crippen molar-refractivity contribution in [2.24, 2.45) is 5.84 Å². The quantitative estimate of drug-likeness (QED) is 0.252. The van der Waals surface area contributed by atoms with Crippen LogP contribution in [0.25, 0.3) is 0 Å². The summed E-state index contributed by atoms with van der Waals surface area (Å²) in [6.45, 7) is 0.741. The van der Waals surface area contributed by atoms with Crippen LogP contribution in [-0.4, -0.2) is 36.7 Å². The third kappa shape index (κ3) is 3.61. The zero-order chi connectivity index (χ0) is 9.45. The van der Waals surface area contributed by atoms with Crippen molar-refractivity contribution in [2.45, 2.75) is 12.5 Å². The van der Waals surface area contributed by atoms with Gasteiger partial charge in [0.05, 0.1) is 0 Å². The van der Waals surface area contributed by atoms with Gasteiger partial charge in [-0.25, -0.2) is 0 Å². The van der Waals surface area contributed by atoms with Gasteiger partial charge >= 0.3 is 8.80 Å². The molecular formula is C6H18N2O3Si. The highest BCUT2D eigenvalue weighted by Gasteiger charge is 2.36. The molecule has 0 heterocycles. The molecule has 0 saturated heterocycles. The van der Waals surface area contributed by atoms with Crippen LogP contribution in [0.5, 0.6) is 0 Å². The maximum absolute atomic E-state index is 5.21. The number of nitrogens with two attached hydrogens (primary N) is 1. The molecule has 0 rings (SSSR count). The smallest absolute Gasteiger partial charge is 0.377 e. The van der Waals surface area contributed by atoms with Crippen LogP contribution in [0.2, 0.25) is 6.04 Å². The van der Waals surface area contributed by atoms with E-state index in [-0.39, 0.29) is 0 Å². The fourth-order valence-electron chi connectivity index (χ4n) is 0.963. The number of hydrogen-bond donors (Lipinski definition) is 2. The molecule has 0 aromatic carbocycles. The Morgan fingerprint density at radius 3 is 2.00 bits per heavy atom. The van der Waals surface area contributed by atoms with E-state index in [4.69, 9.17) is 19.1 Å². The standard InChI is InChI=1S/C6H18N2O3Si/c1-9-12(10-2,11-3)6-4-5-8-7/h8H,4-7H2,1-3H3. The molecule has 0 saturated carbocycles. The number of hydrazine groups is 1. The first-order valence-electron chi connectivity index (χ1n) is 3.83. The summed E-state index contributed by atoms with van der Waals surface area (Å²) in [6.07, 6.45) is 0.887. The fraction of sp³-hybridized carbons (Fsp3) is 1.00. The van der Waals surface area contributed by atoms with Crippen LogP contribution in [0, 0.1) is 0 Å². The van der Waals surface area contributed by atoms with Gasteiger partial charge < -0.3 is 13.3 Å². The molecule has 0 fully saturated rings. The van der Waals surface area contributed by atoms with Crippen LogP contribution in [0.15, 0.2) is 0 Å². The first-order chi connectivity index (χ1) is 5.74. The zero-order valence-corrected chi connectivity index (χ0v) is 8.92. The number of hydrogen-bond acceptors (Lipinski definition) is 5. The lowest BCUT2D eigenvalue weighted by atomic mass is 10.5. The minimum atomic E-state index is -2.35. The lowest BCUT2D eigenvalue weighted by molar-refractivity contribution is 0.123. The van der Waals surface area contributed by atoms with Crippen molar-refractivity contribution < 1.29 is 13.3 Å². The fourth-order valence-corrected chi connectivity index (χ4v) is 2.69. The first kappa shape index (κ1) is 12.0. The summed E-state index contributed by atoms with van der Waals surface area (Å²) >= 11 is 0. The second-order valence-corrected chi connectivity index (χ2v) is 5.44. The van der Waals surface area contributed by atoms with E-state index in [1.165, 1.54) is 0 Å². The van der Waals surface area contributed by atoms with Gasteiger partial charge in [-0.2, -0.15) is 0 Å². The van der Waals surface area contributed by atoms with Crippen LogP contribution >= 0.6 is 0 Å². The highest BCUT2D eigenvalue weighted by atomic mass is 28.4. The van der Waals surface area contributed by atoms with E-state index >= 15 is 0 Å². The van der Waals surface area contributed by atoms with E-state index in [0.717, 1.165) is 19.0 Å². The molecule has 0 bridgehead atoms. The average molecular weight is 194 g/mol. The lowest BCUT2D eigenvalue weighted by Crippen LogP contribution is -2.43. The van der Waals surface area contributed by atoms with Crippen LogP contribution in [0.4, 0.5) is 0 Å². The van der Waals surface area contributed by atoms with Crippen molar-refractivity contribution in [1.82, 2.24) is 5.43 Å². The van der Waals surface area contributed by atoms with Crippen molar-refractivity contribution in [3.8, 4) is 0 Å². The van der Waals surface area contributed by atoms with Gasteiger partial charge in [0.2, 0.25) is 0 Å². The molecule has 0 aliphatic carbocycles. The molecule has 5 nitrogen and oxygen atoms in total. The Kier molecular flexibility index (Phi) is 6.53. The second kappa shape index (κ2) is 6.52. The van der Waals surface area contributed by atoms with E-state index in [1.54, 1.807) is 21.3 Å². The Labute approximate surface area is 74.5 Å². The largest absolute Gasteiger partial charge is 0.500 e. The Morgan fingerprint density at radius 1 is 1.17 bits per heavy atom. The normalized spacial score (nSPS) is 12.0. The third-order valence-corrected chi connectivity index (χ3v) is 4.57. The summed E-state index contributed by atoms with van der Waals surface area (Å²) in [5.74, 6) is 5.13. The van der Waals surface area contributed by atoms with Gasteiger partial charge in [0.25, 0.3) is 0 Å². The summed E-state index contributed by atoms with van der Waals surface area (Å²) < 4.78 is 15.6. The molecular weight excluding hydrogens is 176 g/mol. The first-order valence-corrected chi connectivity index (χ1v) is 5.76. The predicted octanol–water partition coefficient (Wildman–Crippen LogP) is -0.282. The van der Waals surface area contributed by atoms with Gasteiger partial charge in [-0.1, -0.05) is 0 Å². The van der Waals surface area contributed by atoms with Crippen LogP contribution in [0.3, 0.4) is 0 Å². The molecule has 0 atom stereocenters. The van der Waals surface area contributed by atoms with Gasteiger partial charge in [0.15, 0.2) is 0 Å². The Hall–Kier alpha value is 0.0169. The SMILES string of the molecule is CO[Si](CCCNN)(OC)OC. The van der Waals surface area contributed by atoms with Crippen molar-refractivity contribution in [3.63, 3.8) is 0 Å². The van der Waals surface area contributed by atoms with E-state index < -0.39 is 8.80 Å². The summed E-state index contributed by atoms with van der Waals surface area (Å²) in [6, 6.07) is 0.778. The Morgan fingerprint density at radius 2 is 1.67 bits per heavy atom. The molecule has 12 heavy (non-hydrogen) atoms. The maximum Gasteiger partial charge on any atom is 0.500 e. The van der Waals surface area contributed by atoms with E-state index in [1.807, 2.05) is 0 Å². The Balaban J connectivity index is 3.76. The molecule has 0 aromatic rings. The lowest BCUT2D eigenvalue weighted by Gasteiger charge is -2.23. The summed E-state index contributed by atoms with van der Waals surface area (Å²) in [5.41, 5.74) is 2.57.